The van der Waals surface area contributed by atoms with E-state index in [9.17, 15) is 0 Å². The third-order valence-electron chi connectivity index (χ3n) is 4.04. The minimum atomic E-state index is 0.413. The van der Waals surface area contributed by atoms with Crippen LogP contribution < -0.4 is 10.2 Å². The Bertz CT molecular complexity index is 414. The molecule has 0 bridgehead atoms. The summed E-state index contributed by atoms with van der Waals surface area (Å²) in [7, 11) is 0. The molecule has 2 atom stereocenters. The van der Waals surface area contributed by atoms with Crippen molar-refractivity contribution in [3.8, 4) is 0 Å². The quantitative estimate of drug-likeness (QED) is 0.891. The molecule has 1 N–H and O–H groups in total. The smallest absolute Gasteiger partial charge is 0.186 e. The highest BCUT2D eigenvalue weighted by Crippen LogP contribution is 2.36. The second-order valence-electron chi connectivity index (χ2n) is 5.87. The first-order chi connectivity index (χ1) is 9.04. The summed E-state index contributed by atoms with van der Waals surface area (Å²) in [6.07, 6.45) is 2.62. The van der Waals surface area contributed by atoms with Gasteiger partial charge in [0.2, 0.25) is 0 Å². The molecule has 0 saturated carbocycles. The molecule has 3 nitrogen and oxygen atoms in total. The molecule has 1 aromatic heterocycles. The van der Waals surface area contributed by atoms with Gasteiger partial charge < -0.3 is 10.2 Å². The van der Waals surface area contributed by atoms with Gasteiger partial charge in [-0.25, -0.2) is 4.98 Å². The molecule has 0 radical (unpaired) electrons. The Morgan fingerprint density at radius 3 is 2.79 bits per heavy atom. The Hall–Kier alpha value is -0.610. The SMILES string of the molecule is CCNC(C)c1sc(N2CCCC2C(C)C)nc1C. The van der Waals surface area contributed by atoms with E-state index in [1.165, 1.54) is 35.1 Å². The Morgan fingerprint density at radius 2 is 2.16 bits per heavy atom. The summed E-state index contributed by atoms with van der Waals surface area (Å²) in [6, 6.07) is 1.09. The maximum Gasteiger partial charge on any atom is 0.186 e. The van der Waals surface area contributed by atoms with Crippen molar-refractivity contribution >= 4 is 16.5 Å². The van der Waals surface area contributed by atoms with E-state index in [4.69, 9.17) is 4.98 Å². The predicted molar refractivity (Wildman–Crippen MR) is 84.1 cm³/mol. The van der Waals surface area contributed by atoms with Gasteiger partial charge in [-0.1, -0.05) is 20.8 Å². The van der Waals surface area contributed by atoms with Gasteiger partial charge >= 0.3 is 0 Å². The average Bonchev–Trinajstić information content (AvgIpc) is 2.94. The third-order valence-corrected chi connectivity index (χ3v) is 5.42. The van der Waals surface area contributed by atoms with E-state index in [0.29, 0.717) is 18.0 Å². The second-order valence-corrected chi connectivity index (χ2v) is 6.88. The first-order valence-corrected chi connectivity index (χ1v) is 8.33. The minimum absolute atomic E-state index is 0.413. The summed E-state index contributed by atoms with van der Waals surface area (Å²) in [4.78, 5) is 8.76. The van der Waals surface area contributed by atoms with Crippen LogP contribution in [0, 0.1) is 12.8 Å². The summed E-state index contributed by atoms with van der Waals surface area (Å²) in [6.45, 7) is 13.4. The number of nitrogens with zero attached hydrogens (tertiary/aromatic N) is 2. The highest BCUT2D eigenvalue weighted by atomic mass is 32.1. The molecule has 1 saturated heterocycles. The predicted octanol–water partition coefficient (Wildman–Crippen LogP) is 3.75. The van der Waals surface area contributed by atoms with Crippen LogP contribution in [0.2, 0.25) is 0 Å². The largest absolute Gasteiger partial charge is 0.345 e. The number of aryl methyl sites for hydroxylation is 1. The highest BCUT2D eigenvalue weighted by molar-refractivity contribution is 7.15. The number of nitrogens with one attached hydrogen (secondary N) is 1. The molecular weight excluding hydrogens is 254 g/mol. The molecule has 2 rings (SSSR count). The topological polar surface area (TPSA) is 28.2 Å². The van der Waals surface area contributed by atoms with E-state index in [0.717, 1.165) is 6.54 Å². The number of hydrogen-bond acceptors (Lipinski definition) is 4. The molecule has 1 aromatic rings. The van der Waals surface area contributed by atoms with Gasteiger partial charge in [0.1, 0.15) is 0 Å². The van der Waals surface area contributed by atoms with Crippen molar-refractivity contribution < 1.29 is 0 Å². The van der Waals surface area contributed by atoms with Crippen molar-refractivity contribution in [2.24, 2.45) is 5.92 Å². The van der Waals surface area contributed by atoms with Crippen LogP contribution in [-0.4, -0.2) is 24.1 Å². The lowest BCUT2D eigenvalue weighted by molar-refractivity contribution is 0.491. The molecule has 108 valence electrons. The Kier molecular flexibility index (Phi) is 4.85. The molecule has 4 heteroatoms. The summed E-state index contributed by atoms with van der Waals surface area (Å²) in [5.74, 6) is 0.710. The van der Waals surface area contributed by atoms with Gasteiger partial charge in [0.05, 0.1) is 5.69 Å². The third kappa shape index (κ3) is 3.11. The Labute approximate surface area is 121 Å². The normalized spacial score (nSPS) is 21.4. The zero-order valence-electron chi connectivity index (χ0n) is 12.9. The second kappa shape index (κ2) is 6.23. The van der Waals surface area contributed by atoms with Crippen LogP contribution in [0.5, 0.6) is 0 Å². The van der Waals surface area contributed by atoms with E-state index < -0.39 is 0 Å². The first kappa shape index (κ1) is 14.8. The molecule has 0 amide bonds. The first-order valence-electron chi connectivity index (χ1n) is 7.52. The van der Waals surface area contributed by atoms with Crippen molar-refractivity contribution in [3.63, 3.8) is 0 Å². The molecule has 19 heavy (non-hydrogen) atoms. The van der Waals surface area contributed by atoms with E-state index in [1.807, 2.05) is 11.3 Å². The van der Waals surface area contributed by atoms with Crippen molar-refractivity contribution in [2.45, 2.75) is 59.5 Å². The molecule has 0 aliphatic carbocycles. The molecule has 2 heterocycles. The van der Waals surface area contributed by atoms with Crippen LogP contribution in [0.25, 0.3) is 0 Å². The number of rotatable bonds is 5. The molecule has 1 aliphatic rings. The summed E-state index contributed by atoms with van der Waals surface area (Å²) < 4.78 is 0. The van der Waals surface area contributed by atoms with Crippen molar-refractivity contribution in [2.75, 3.05) is 18.0 Å². The lowest BCUT2D eigenvalue weighted by atomic mass is 10.0. The fourth-order valence-corrected chi connectivity index (χ4v) is 4.22. The Morgan fingerprint density at radius 1 is 1.42 bits per heavy atom. The maximum absolute atomic E-state index is 4.83. The van der Waals surface area contributed by atoms with Gasteiger partial charge in [-0.3, -0.25) is 0 Å². The average molecular weight is 281 g/mol. The molecular formula is C15H27N3S. The number of anilines is 1. The van der Waals surface area contributed by atoms with E-state index in [-0.39, 0.29) is 0 Å². The molecule has 0 aromatic carbocycles. The van der Waals surface area contributed by atoms with Gasteiger partial charge in [-0.05, 0) is 39.2 Å². The van der Waals surface area contributed by atoms with Gasteiger partial charge in [-0.2, -0.15) is 0 Å². The maximum atomic E-state index is 4.83. The van der Waals surface area contributed by atoms with Gasteiger partial charge in [0.25, 0.3) is 0 Å². The monoisotopic (exact) mass is 281 g/mol. The van der Waals surface area contributed by atoms with Crippen LogP contribution in [0.4, 0.5) is 5.13 Å². The molecule has 1 fully saturated rings. The van der Waals surface area contributed by atoms with Gasteiger partial charge in [0, 0.05) is 23.5 Å². The van der Waals surface area contributed by atoms with Crippen LogP contribution in [0.15, 0.2) is 0 Å². The Balaban J connectivity index is 2.19. The standard InChI is InChI=1S/C15H27N3S/c1-6-16-11(4)14-12(5)17-15(19-14)18-9-7-8-13(18)10(2)3/h10-11,13,16H,6-9H2,1-5H3. The minimum Gasteiger partial charge on any atom is -0.345 e. The van der Waals surface area contributed by atoms with Crippen LogP contribution in [-0.2, 0) is 0 Å². The molecule has 1 aliphatic heterocycles. The number of thiazole rings is 1. The van der Waals surface area contributed by atoms with E-state index in [2.05, 4.69) is 44.8 Å². The number of aromatic nitrogens is 1. The van der Waals surface area contributed by atoms with E-state index in [1.54, 1.807) is 0 Å². The van der Waals surface area contributed by atoms with Crippen molar-refractivity contribution in [3.05, 3.63) is 10.6 Å². The van der Waals surface area contributed by atoms with Crippen molar-refractivity contribution in [1.82, 2.24) is 10.3 Å². The van der Waals surface area contributed by atoms with Crippen LogP contribution >= 0.6 is 11.3 Å². The van der Waals surface area contributed by atoms with E-state index >= 15 is 0 Å². The van der Waals surface area contributed by atoms with Crippen LogP contribution in [0.3, 0.4) is 0 Å². The zero-order valence-corrected chi connectivity index (χ0v) is 13.7. The lowest BCUT2D eigenvalue weighted by Crippen LogP contribution is -2.33. The summed E-state index contributed by atoms with van der Waals surface area (Å²) in [5.41, 5.74) is 1.20. The lowest BCUT2D eigenvalue weighted by Gasteiger charge is -2.27. The van der Waals surface area contributed by atoms with Gasteiger partial charge in [-0.15, -0.1) is 11.3 Å². The fraction of sp³-hybridized carbons (Fsp3) is 0.800. The van der Waals surface area contributed by atoms with Crippen LogP contribution in [0.1, 0.15) is 57.1 Å². The van der Waals surface area contributed by atoms with Gasteiger partial charge in [0.15, 0.2) is 5.13 Å². The molecule has 2 unspecified atom stereocenters. The van der Waals surface area contributed by atoms with Crippen molar-refractivity contribution in [1.29, 1.82) is 0 Å². The highest BCUT2D eigenvalue weighted by Gasteiger charge is 2.30. The summed E-state index contributed by atoms with van der Waals surface area (Å²) in [5, 5.41) is 4.72. The number of hydrogen-bond donors (Lipinski definition) is 1. The zero-order chi connectivity index (χ0) is 14.0. The fourth-order valence-electron chi connectivity index (χ4n) is 3.04. The summed E-state index contributed by atoms with van der Waals surface area (Å²) >= 11 is 1.88. The molecule has 0 spiro atoms.